The SMILES string of the molecule is COc1cnc2c(C(=O)NCC3(O)CC3)nn(Cc3ncnc(OC)c3C)c2n1. The van der Waals surface area contributed by atoms with E-state index in [1.807, 2.05) is 6.92 Å². The Bertz CT molecular complexity index is 1080. The van der Waals surface area contributed by atoms with Crippen molar-refractivity contribution in [1.82, 2.24) is 35.0 Å². The first-order valence-corrected chi connectivity index (χ1v) is 9.06. The molecule has 1 aliphatic rings. The summed E-state index contributed by atoms with van der Waals surface area (Å²) >= 11 is 0. The molecule has 0 aliphatic heterocycles. The zero-order chi connectivity index (χ0) is 20.6. The maximum atomic E-state index is 12.7. The highest BCUT2D eigenvalue weighted by Crippen LogP contribution is 2.34. The van der Waals surface area contributed by atoms with Gasteiger partial charge in [0.1, 0.15) is 11.8 Å². The van der Waals surface area contributed by atoms with E-state index in [2.05, 4.69) is 30.4 Å². The van der Waals surface area contributed by atoms with E-state index in [0.717, 1.165) is 5.56 Å². The highest BCUT2D eigenvalue weighted by molar-refractivity contribution is 6.02. The summed E-state index contributed by atoms with van der Waals surface area (Å²) in [6, 6.07) is 0. The third kappa shape index (κ3) is 3.68. The normalized spacial score (nSPS) is 14.6. The quantitative estimate of drug-likeness (QED) is 0.572. The molecule has 1 amide bonds. The summed E-state index contributed by atoms with van der Waals surface area (Å²) < 4.78 is 11.9. The molecule has 0 radical (unpaired) electrons. The van der Waals surface area contributed by atoms with E-state index >= 15 is 0 Å². The predicted octanol–water partition coefficient (Wildman–Crippen LogP) is 0.245. The first-order valence-electron chi connectivity index (χ1n) is 9.06. The zero-order valence-corrected chi connectivity index (χ0v) is 16.3. The minimum atomic E-state index is -0.808. The molecule has 1 aliphatic carbocycles. The molecule has 0 aromatic carbocycles. The second-order valence-corrected chi connectivity index (χ2v) is 6.95. The number of carbonyl (C=O) groups excluding carboxylic acids is 1. The molecule has 11 heteroatoms. The van der Waals surface area contributed by atoms with Crippen LogP contribution in [0, 0.1) is 6.92 Å². The van der Waals surface area contributed by atoms with Crippen molar-refractivity contribution in [2.75, 3.05) is 20.8 Å². The minimum Gasteiger partial charge on any atom is -0.481 e. The average Bonchev–Trinajstić information content (AvgIpc) is 3.37. The smallest absolute Gasteiger partial charge is 0.274 e. The van der Waals surface area contributed by atoms with Gasteiger partial charge >= 0.3 is 0 Å². The number of fused-ring (bicyclic) bond motifs is 1. The Morgan fingerprint density at radius 3 is 2.76 bits per heavy atom. The molecule has 1 fully saturated rings. The Morgan fingerprint density at radius 1 is 1.28 bits per heavy atom. The van der Waals surface area contributed by atoms with Gasteiger partial charge in [0.25, 0.3) is 5.91 Å². The molecule has 29 heavy (non-hydrogen) atoms. The fourth-order valence-corrected chi connectivity index (χ4v) is 2.91. The standard InChI is InChI=1S/C18H21N7O4/c1-10-11(21-9-22-17(10)29-3)7-25-15-13(19-6-12(23-15)28-2)14(24-25)16(26)20-8-18(27)4-5-18/h6,9,27H,4-5,7-8H2,1-3H3,(H,20,26). The van der Waals surface area contributed by atoms with Crippen LogP contribution in [0.4, 0.5) is 0 Å². The van der Waals surface area contributed by atoms with Gasteiger partial charge < -0.3 is 19.9 Å². The lowest BCUT2D eigenvalue weighted by atomic mass is 10.2. The van der Waals surface area contributed by atoms with Gasteiger partial charge in [0.15, 0.2) is 11.3 Å². The van der Waals surface area contributed by atoms with E-state index in [0.29, 0.717) is 41.5 Å². The van der Waals surface area contributed by atoms with Gasteiger partial charge in [-0.3, -0.25) is 4.79 Å². The van der Waals surface area contributed by atoms with Gasteiger partial charge in [0.2, 0.25) is 11.8 Å². The van der Waals surface area contributed by atoms with Crippen molar-refractivity contribution in [1.29, 1.82) is 0 Å². The van der Waals surface area contributed by atoms with Gasteiger partial charge in [0, 0.05) is 12.1 Å². The third-order valence-electron chi connectivity index (χ3n) is 4.89. The fraction of sp³-hybridized carbons (Fsp3) is 0.444. The van der Waals surface area contributed by atoms with Gasteiger partial charge in [-0.05, 0) is 19.8 Å². The van der Waals surface area contributed by atoms with Gasteiger partial charge in [-0.15, -0.1) is 0 Å². The Morgan fingerprint density at radius 2 is 2.07 bits per heavy atom. The summed E-state index contributed by atoms with van der Waals surface area (Å²) in [4.78, 5) is 29.8. The molecule has 2 N–H and O–H groups in total. The van der Waals surface area contributed by atoms with Gasteiger partial charge in [-0.2, -0.15) is 10.1 Å². The predicted molar refractivity (Wildman–Crippen MR) is 101 cm³/mol. The van der Waals surface area contributed by atoms with Crippen LogP contribution in [0.2, 0.25) is 0 Å². The fourth-order valence-electron chi connectivity index (χ4n) is 2.91. The first kappa shape index (κ1) is 19.0. The summed E-state index contributed by atoms with van der Waals surface area (Å²) in [5.74, 6) is 0.339. The molecule has 0 atom stereocenters. The van der Waals surface area contributed by atoms with Crippen molar-refractivity contribution in [3.63, 3.8) is 0 Å². The van der Waals surface area contributed by atoms with Crippen molar-refractivity contribution in [2.24, 2.45) is 0 Å². The number of rotatable bonds is 7. The Kier molecular flexibility index (Phi) is 4.74. The third-order valence-corrected chi connectivity index (χ3v) is 4.89. The van der Waals surface area contributed by atoms with Crippen LogP contribution in [0.1, 0.15) is 34.6 Å². The molecule has 152 valence electrons. The van der Waals surface area contributed by atoms with E-state index in [9.17, 15) is 9.90 Å². The van der Waals surface area contributed by atoms with Crippen molar-refractivity contribution >= 4 is 17.1 Å². The van der Waals surface area contributed by atoms with Crippen molar-refractivity contribution < 1.29 is 19.4 Å². The lowest BCUT2D eigenvalue weighted by Gasteiger charge is -2.09. The molecule has 3 aromatic rings. The van der Waals surface area contributed by atoms with E-state index in [1.165, 1.54) is 26.7 Å². The summed E-state index contributed by atoms with van der Waals surface area (Å²) in [5, 5.41) is 17.1. The monoisotopic (exact) mass is 399 g/mol. The number of hydrogen-bond donors (Lipinski definition) is 2. The molecule has 0 unspecified atom stereocenters. The Balaban J connectivity index is 1.72. The Labute approximate surface area is 166 Å². The molecule has 0 spiro atoms. The first-order chi connectivity index (χ1) is 13.9. The molecule has 0 saturated heterocycles. The number of hydrogen-bond acceptors (Lipinski definition) is 9. The Hall–Kier alpha value is -3.34. The summed E-state index contributed by atoms with van der Waals surface area (Å²) in [6.45, 7) is 2.25. The highest BCUT2D eigenvalue weighted by atomic mass is 16.5. The number of aromatic nitrogens is 6. The number of carbonyl (C=O) groups is 1. The van der Waals surface area contributed by atoms with Crippen molar-refractivity contribution in [3.05, 3.63) is 29.5 Å². The van der Waals surface area contributed by atoms with Crippen LogP contribution in [-0.2, 0) is 6.54 Å². The van der Waals surface area contributed by atoms with Crippen LogP contribution in [0.5, 0.6) is 11.8 Å². The van der Waals surface area contributed by atoms with Gasteiger partial charge in [-0.1, -0.05) is 0 Å². The topological polar surface area (TPSA) is 137 Å². The molecular weight excluding hydrogens is 378 g/mol. The summed E-state index contributed by atoms with van der Waals surface area (Å²) in [5.41, 5.74) is 1.47. The number of methoxy groups -OCH3 is 2. The minimum absolute atomic E-state index is 0.123. The largest absolute Gasteiger partial charge is 0.481 e. The van der Waals surface area contributed by atoms with Crippen molar-refractivity contribution in [3.8, 4) is 11.8 Å². The number of nitrogens with zero attached hydrogens (tertiary/aromatic N) is 6. The summed E-state index contributed by atoms with van der Waals surface area (Å²) in [7, 11) is 3.02. The van der Waals surface area contributed by atoms with Crippen molar-refractivity contribution in [2.45, 2.75) is 31.9 Å². The zero-order valence-electron chi connectivity index (χ0n) is 16.3. The van der Waals surface area contributed by atoms with E-state index in [-0.39, 0.29) is 18.8 Å². The second kappa shape index (κ2) is 7.24. The average molecular weight is 399 g/mol. The molecule has 3 heterocycles. The van der Waals surface area contributed by atoms with Crippen LogP contribution >= 0.6 is 0 Å². The van der Waals surface area contributed by atoms with E-state index < -0.39 is 11.5 Å². The molecule has 4 rings (SSSR count). The van der Waals surface area contributed by atoms with Gasteiger partial charge in [0.05, 0.1) is 38.3 Å². The molecule has 0 bridgehead atoms. The molecule has 11 nitrogen and oxygen atoms in total. The maximum absolute atomic E-state index is 12.7. The van der Waals surface area contributed by atoms with Gasteiger partial charge in [-0.25, -0.2) is 19.6 Å². The number of amides is 1. The lowest BCUT2D eigenvalue weighted by Crippen LogP contribution is -2.33. The van der Waals surface area contributed by atoms with Crippen LogP contribution in [0.15, 0.2) is 12.5 Å². The van der Waals surface area contributed by atoms with Crippen LogP contribution in [0.25, 0.3) is 11.2 Å². The molecule has 1 saturated carbocycles. The van der Waals surface area contributed by atoms with E-state index in [4.69, 9.17) is 9.47 Å². The highest BCUT2D eigenvalue weighted by Gasteiger charge is 2.40. The van der Waals surface area contributed by atoms with Crippen LogP contribution in [-0.4, -0.2) is 67.1 Å². The second-order valence-electron chi connectivity index (χ2n) is 6.95. The summed E-state index contributed by atoms with van der Waals surface area (Å²) in [6.07, 6.45) is 4.18. The number of ether oxygens (including phenoxy) is 2. The van der Waals surface area contributed by atoms with E-state index in [1.54, 1.807) is 4.68 Å². The van der Waals surface area contributed by atoms with Crippen LogP contribution in [0.3, 0.4) is 0 Å². The lowest BCUT2D eigenvalue weighted by molar-refractivity contribution is 0.0892. The number of aliphatic hydroxyl groups is 1. The number of nitrogens with one attached hydrogen (secondary N) is 1. The molecule has 3 aromatic heterocycles. The van der Waals surface area contributed by atoms with Crippen LogP contribution < -0.4 is 14.8 Å². The molecular formula is C18H21N7O4. The maximum Gasteiger partial charge on any atom is 0.274 e.